The van der Waals surface area contributed by atoms with E-state index in [2.05, 4.69) is 99.3 Å². The number of hydrogen-bond donors (Lipinski definition) is 0. The lowest BCUT2D eigenvalue weighted by Gasteiger charge is -2.26. The molecular weight excluding hydrogens is 278 g/mol. The predicted octanol–water partition coefficient (Wildman–Crippen LogP) is 6.39. The summed E-state index contributed by atoms with van der Waals surface area (Å²) in [7, 11) is 0. The fourth-order valence-corrected chi connectivity index (χ4v) is 2.75. The number of benzene rings is 3. The van der Waals surface area contributed by atoms with Gasteiger partial charge in [0.2, 0.25) is 0 Å². The molecule has 0 aliphatic heterocycles. The van der Waals surface area contributed by atoms with E-state index in [-0.39, 0.29) is 0 Å². The minimum absolute atomic E-state index is 1.18. The minimum Gasteiger partial charge on any atom is -0.310 e. The molecule has 0 saturated carbocycles. The van der Waals surface area contributed by atoms with Crippen LogP contribution in [0.2, 0.25) is 0 Å². The quantitative estimate of drug-likeness (QED) is 0.541. The average molecular weight is 301 g/mol. The summed E-state index contributed by atoms with van der Waals surface area (Å²) in [5.74, 6) is 0. The fraction of sp³-hybridized carbons (Fsp3) is 0.182. The van der Waals surface area contributed by atoms with Crippen molar-refractivity contribution in [2.45, 2.75) is 27.7 Å². The van der Waals surface area contributed by atoms with Gasteiger partial charge in [0.15, 0.2) is 0 Å². The van der Waals surface area contributed by atoms with Crippen molar-refractivity contribution in [1.82, 2.24) is 0 Å². The maximum atomic E-state index is 2.32. The van der Waals surface area contributed by atoms with Gasteiger partial charge in [0.05, 0.1) is 0 Å². The standard InChI is InChI=1S/C22H23N/c1-16-10-12-21(14-18(16)3)23(20-8-6-5-7-9-20)22-13-11-17(2)19(4)15-22/h5-15H,1-4H3. The normalized spacial score (nSPS) is 10.6. The van der Waals surface area contributed by atoms with Crippen LogP contribution in [0.5, 0.6) is 0 Å². The van der Waals surface area contributed by atoms with Crippen molar-refractivity contribution in [2.24, 2.45) is 0 Å². The van der Waals surface area contributed by atoms with Crippen LogP contribution in [-0.4, -0.2) is 0 Å². The molecular formula is C22H23N. The fourth-order valence-electron chi connectivity index (χ4n) is 2.75. The second kappa shape index (κ2) is 6.29. The van der Waals surface area contributed by atoms with Crippen molar-refractivity contribution in [3.05, 3.63) is 89.0 Å². The molecule has 0 spiro atoms. The lowest BCUT2D eigenvalue weighted by Crippen LogP contribution is -2.10. The van der Waals surface area contributed by atoms with Crippen LogP contribution in [0.3, 0.4) is 0 Å². The Kier molecular flexibility index (Phi) is 4.20. The van der Waals surface area contributed by atoms with Crippen molar-refractivity contribution in [3.63, 3.8) is 0 Å². The van der Waals surface area contributed by atoms with Crippen LogP contribution in [0.4, 0.5) is 17.1 Å². The average Bonchev–Trinajstić information content (AvgIpc) is 2.55. The number of hydrogen-bond acceptors (Lipinski definition) is 1. The van der Waals surface area contributed by atoms with E-state index >= 15 is 0 Å². The number of anilines is 3. The van der Waals surface area contributed by atoms with E-state index in [1.165, 1.54) is 39.3 Å². The Bertz CT molecular complexity index is 767. The summed E-state index contributed by atoms with van der Waals surface area (Å²) in [4.78, 5) is 2.32. The highest BCUT2D eigenvalue weighted by Crippen LogP contribution is 2.35. The molecule has 0 heterocycles. The van der Waals surface area contributed by atoms with E-state index in [0.29, 0.717) is 0 Å². The van der Waals surface area contributed by atoms with E-state index in [0.717, 1.165) is 0 Å². The van der Waals surface area contributed by atoms with Gasteiger partial charge in [-0.2, -0.15) is 0 Å². The van der Waals surface area contributed by atoms with Crippen molar-refractivity contribution in [3.8, 4) is 0 Å². The van der Waals surface area contributed by atoms with E-state index in [1.54, 1.807) is 0 Å². The van der Waals surface area contributed by atoms with Crippen molar-refractivity contribution in [2.75, 3.05) is 4.90 Å². The first-order valence-corrected chi connectivity index (χ1v) is 8.06. The van der Waals surface area contributed by atoms with Crippen LogP contribution in [0.25, 0.3) is 0 Å². The molecule has 3 aromatic rings. The summed E-state index contributed by atoms with van der Waals surface area (Å²) in [5, 5.41) is 0. The monoisotopic (exact) mass is 301 g/mol. The Morgan fingerprint density at radius 1 is 0.478 bits per heavy atom. The highest BCUT2D eigenvalue weighted by atomic mass is 15.1. The molecule has 0 fully saturated rings. The van der Waals surface area contributed by atoms with Gasteiger partial charge >= 0.3 is 0 Å². The van der Waals surface area contributed by atoms with E-state index < -0.39 is 0 Å². The van der Waals surface area contributed by atoms with Gasteiger partial charge in [-0.25, -0.2) is 0 Å². The number of para-hydroxylation sites is 1. The summed E-state index contributed by atoms with van der Waals surface area (Å²) in [6, 6.07) is 23.9. The largest absolute Gasteiger partial charge is 0.310 e. The van der Waals surface area contributed by atoms with Gasteiger partial charge in [-0.3, -0.25) is 0 Å². The molecule has 0 atom stereocenters. The first-order valence-electron chi connectivity index (χ1n) is 8.06. The molecule has 1 heteroatoms. The van der Waals surface area contributed by atoms with Crippen molar-refractivity contribution < 1.29 is 0 Å². The smallest absolute Gasteiger partial charge is 0.0464 e. The first kappa shape index (κ1) is 15.4. The third-order valence-electron chi connectivity index (χ3n) is 4.51. The molecule has 0 unspecified atom stereocenters. The van der Waals surface area contributed by atoms with Crippen molar-refractivity contribution in [1.29, 1.82) is 0 Å². The Balaban J connectivity index is 2.17. The lowest BCUT2D eigenvalue weighted by molar-refractivity contribution is 1.23. The summed E-state index contributed by atoms with van der Waals surface area (Å²) in [6.07, 6.45) is 0. The number of aryl methyl sites for hydroxylation is 4. The second-order valence-electron chi connectivity index (χ2n) is 6.21. The van der Waals surface area contributed by atoms with Crippen LogP contribution >= 0.6 is 0 Å². The van der Waals surface area contributed by atoms with Gasteiger partial charge in [-0.15, -0.1) is 0 Å². The summed E-state index contributed by atoms with van der Waals surface area (Å²) < 4.78 is 0. The molecule has 116 valence electrons. The van der Waals surface area contributed by atoms with Crippen LogP contribution in [0, 0.1) is 27.7 Å². The van der Waals surface area contributed by atoms with E-state index in [4.69, 9.17) is 0 Å². The highest BCUT2D eigenvalue weighted by Gasteiger charge is 2.13. The van der Waals surface area contributed by atoms with Gasteiger partial charge in [-0.1, -0.05) is 30.3 Å². The molecule has 0 N–H and O–H groups in total. The third-order valence-corrected chi connectivity index (χ3v) is 4.51. The van der Waals surface area contributed by atoms with Crippen LogP contribution in [0.1, 0.15) is 22.3 Å². The summed E-state index contributed by atoms with van der Waals surface area (Å²) >= 11 is 0. The van der Waals surface area contributed by atoms with Gasteiger partial charge in [0.25, 0.3) is 0 Å². The van der Waals surface area contributed by atoms with Crippen LogP contribution in [-0.2, 0) is 0 Å². The van der Waals surface area contributed by atoms with E-state index in [1.807, 2.05) is 0 Å². The maximum Gasteiger partial charge on any atom is 0.0464 e. The summed E-state index contributed by atoms with van der Waals surface area (Å²) in [5.41, 5.74) is 8.84. The first-order chi connectivity index (χ1) is 11.1. The molecule has 0 amide bonds. The number of rotatable bonds is 3. The van der Waals surface area contributed by atoms with Gasteiger partial charge in [0.1, 0.15) is 0 Å². The predicted molar refractivity (Wildman–Crippen MR) is 100 cm³/mol. The molecule has 3 aromatic carbocycles. The molecule has 23 heavy (non-hydrogen) atoms. The molecule has 0 aromatic heterocycles. The zero-order valence-electron chi connectivity index (χ0n) is 14.3. The number of nitrogens with zero attached hydrogens (tertiary/aromatic N) is 1. The molecule has 1 nitrogen and oxygen atoms in total. The Labute approximate surface area is 139 Å². The third kappa shape index (κ3) is 3.14. The zero-order valence-corrected chi connectivity index (χ0v) is 14.3. The van der Waals surface area contributed by atoms with Crippen LogP contribution < -0.4 is 4.90 Å². The SMILES string of the molecule is Cc1ccc(N(c2ccccc2)c2ccc(C)c(C)c2)cc1C. The maximum absolute atomic E-state index is 2.32. The lowest BCUT2D eigenvalue weighted by atomic mass is 10.1. The van der Waals surface area contributed by atoms with Gasteiger partial charge in [-0.05, 0) is 86.3 Å². The molecule has 3 rings (SSSR count). The van der Waals surface area contributed by atoms with Gasteiger partial charge in [0, 0.05) is 17.1 Å². The Hall–Kier alpha value is -2.54. The highest BCUT2D eigenvalue weighted by molar-refractivity contribution is 5.77. The minimum atomic E-state index is 1.18. The molecule has 0 saturated heterocycles. The Morgan fingerprint density at radius 2 is 0.957 bits per heavy atom. The molecule has 0 aliphatic rings. The molecule has 0 radical (unpaired) electrons. The van der Waals surface area contributed by atoms with Crippen molar-refractivity contribution >= 4 is 17.1 Å². The topological polar surface area (TPSA) is 3.24 Å². The van der Waals surface area contributed by atoms with Crippen LogP contribution in [0.15, 0.2) is 66.7 Å². The Morgan fingerprint density at radius 3 is 1.39 bits per heavy atom. The second-order valence-corrected chi connectivity index (χ2v) is 6.21. The zero-order chi connectivity index (χ0) is 16.4. The van der Waals surface area contributed by atoms with E-state index in [9.17, 15) is 0 Å². The molecule has 0 bridgehead atoms. The molecule has 0 aliphatic carbocycles. The summed E-state index contributed by atoms with van der Waals surface area (Å²) in [6.45, 7) is 8.65. The van der Waals surface area contributed by atoms with Gasteiger partial charge < -0.3 is 4.90 Å².